The molecule has 0 amide bonds. The summed E-state index contributed by atoms with van der Waals surface area (Å²) in [6, 6.07) is 8.01. The SMILES string of the molecule is Cc1cc(-c2ccc(NN)nc2C)cc(C)n1. The molecule has 0 aliphatic carbocycles. The third-order valence-electron chi connectivity index (χ3n) is 2.63. The van der Waals surface area contributed by atoms with E-state index >= 15 is 0 Å². The molecule has 2 aromatic rings. The normalized spacial score (nSPS) is 10.4. The van der Waals surface area contributed by atoms with Crippen molar-refractivity contribution in [2.75, 3.05) is 5.43 Å². The third kappa shape index (κ3) is 2.42. The summed E-state index contributed by atoms with van der Waals surface area (Å²) in [7, 11) is 0. The molecule has 3 N–H and O–H groups in total. The number of rotatable bonds is 2. The van der Waals surface area contributed by atoms with Crippen LogP contribution in [0.15, 0.2) is 24.3 Å². The summed E-state index contributed by atoms with van der Waals surface area (Å²) in [6.45, 7) is 5.96. The van der Waals surface area contributed by atoms with Gasteiger partial charge in [0.1, 0.15) is 5.82 Å². The van der Waals surface area contributed by atoms with Crippen molar-refractivity contribution < 1.29 is 0 Å². The Morgan fingerprint density at radius 2 is 1.65 bits per heavy atom. The molecule has 0 spiro atoms. The van der Waals surface area contributed by atoms with Crippen LogP contribution in [0.4, 0.5) is 5.82 Å². The van der Waals surface area contributed by atoms with Crippen LogP contribution in [0.1, 0.15) is 17.1 Å². The van der Waals surface area contributed by atoms with Crippen LogP contribution < -0.4 is 11.3 Å². The summed E-state index contributed by atoms with van der Waals surface area (Å²) < 4.78 is 0. The smallest absolute Gasteiger partial charge is 0.140 e. The fraction of sp³-hybridized carbons (Fsp3) is 0.231. The standard InChI is InChI=1S/C13H16N4/c1-8-6-11(7-9(2)15-8)12-4-5-13(17-14)16-10(12)3/h4-7H,14H2,1-3H3,(H,16,17). The Labute approximate surface area is 101 Å². The van der Waals surface area contributed by atoms with E-state index in [0.29, 0.717) is 5.82 Å². The van der Waals surface area contributed by atoms with Gasteiger partial charge in [-0.3, -0.25) is 4.98 Å². The maximum Gasteiger partial charge on any atom is 0.140 e. The first kappa shape index (κ1) is 11.5. The number of pyridine rings is 2. The van der Waals surface area contributed by atoms with Gasteiger partial charge in [0.15, 0.2) is 0 Å². The van der Waals surface area contributed by atoms with Gasteiger partial charge in [-0.1, -0.05) is 0 Å². The number of nitrogens with zero attached hydrogens (tertiary/aromatic N) is 2. The van der Waals surface area contributed by atoms with Crippen molar-refractivity contribution in [3.63, 3.8) is 0 Å². The minimum atomic E-state index is 0.675. The van der Waals surface area contributed by atoms with E-state index in [0.717, 1.165) is 28.2 Å². The molecule has 0 atom stereocenters. The number of aryl methyl sites for hydroxylation is 3. The van der Waals surface area contributed by atoms with Gasteiger partial charge in [0.2, 0.25) is 0 Å². The van der Waals surface area contributed by atoms with Crippen molar-refractivity contribution in [2.45, 2.75) is 20.8 Å². The number of nitrogen functional groups attached to an aromatic ring is 1. The van der Waals surface area contributed by atoms with Crippen molar-refractivity contribution in [1.29, 1.82) is 0 Å². The van der Waals surface area contributed by atoms with Gasteiger partial charge in [-0.2, -0.15) is 0 Å². The van der Waals surface area contributed by atoms with E-state index in [9.17, 15) is 0 Å². The number of nitrogens with one attached hydrogen (secondary N) is 1. The summed E-state index contributed by atoms with van der Waals surface area (Å²) in [5.74, 6) is 6.01. The molecular weight excluding hydrogens is 212 g/mol. The molecule has 0 saturated carbocycles. The van der Waals surface area contributed by atoms with Gasteiger partial charge in [0.25, 0.3) is 0 Å². The number of hydrazine groups is 1. The van der Waals surface area contributed by atoms with E-state index < -0.39 is 0 Å². The Morgan fingerprint density at radius 1 is 1.00 bits per heavy atom. The van der Waals surface area contributed by atoms with E-state index in [-0.39, 0.29) is 0 Å². The largest absolute Gasteiger partial charge is 0.308 e. The van der Waals surface area contributed by atoms with Gasteiger partial charge < -0.3 is 5.43 Å². The minimum absolute atomic E-state index is 0.675. The minimum Gasteiger partial charge on any atom is -0.308 e. The summed E-state index contributed by atoms with van der Waals surface area (Å²) >= 11 is 0. The van der Waals surface area contributed by atoms with E-state index in [2.05, 4.69) is 27.5 Å². The second-order valence-electron chi connectivity index (χ2n) is 4.11. The average Bonchev–Trinajstić information content (AvgIpc) is 2.27. The molecule has 0 unspecified atom stereocenters. The highest BCUT2D eigenvalue weighted by Gasteiger charge is 2.05. The van der Waals surface area contributed by atoms with Gasteiger partial charge >= 0.3 is 0 Å². The molecule has 0 aromatic carbocycles. The van der Waals surface area contributed by atoms with Crippen molar-refractivity contribution in [2.24, 2.45) is 5.84 Å². The number of hydrogen-bond donors (Lipinski definition) is 2. The van der Waals surface area contributed by atoms with E-state index in [1.165, 1.54) is 0 Å². The zero-order chi connectivity index (χ0) is 12.4. The van der Waals surface area contributed by atoms with Crippen LogP contribution in [-0.2, 0) is 0 Å². The lowest BCUT2D eigenvalue weighted by Gasteiger charge is -2.09. The lowest BCUT2D eigenvalue weighted by molar-refractivity contribution is 1.12. The Kier molecular flexibility index (Phi) is 3.06. The third-order valence-corrected chi connectivity index (χ3v) is 2.63. The highest BCUT2D eigenvalue weighted by atomic mass is 15.2. The molecule has 2 aromatic heterocycles. The Bertz CT molecular complexity index is 529. The maximum atomic E-state index is 5.33. The zero-order valence-corrected chi connectivity index (χ0v) is 10.3. The lowest BCUT2D eigenvalue weighted by Crippen LogP contribution is -2.09. The van der Waals surface area contributed by atoms with Crippen LogP contribution in [-0.4, -0.2) is 9.97 Å². The molecule has 0 fully saturated rings. The van der Waals surface area contributed by atoms with Crippen LogP contribution in [0.25, 0.3) is 11.1 Å². The fourth-order valence-corrected chi connectivity index (χ4v) is 1.94. The first-order chi connectivity index (χ1) is 8.10. The first-order valence-electron chi connectivity index (χ1n) is 5.50. The van der Waals surface area contributed by atoms with Crippen molar-refractivity contribution in [1.82, 2.24) is 9.97 Å². The molecule has 0 aliphatic rings. The molecule has 0 radical (unpaired) electrons. The number of nitrogens with two attached hydrogens (primary N) is 1. The van der Waals surface area contributed by atoms with Crippen molar-refractivity contribution in [3.05, 3.63) is 41.3 Å². The number of anilines is 1. The van der Waals surface area contributed by atoms with Crippen LogP contribution in [0.2, 0.25) is 0 Å². The molecule has 2 rings (SSSR count). The van der Waals surface area contributed by atoms with E-state index in [1.807, 2.05) is 32.9 Å². The van der Waals surface area contributed by atoms with Crippen LogP contribution in [0.3, 0.4) is 0 Å². The number of aromatic nitrogens is 2. The van der Waals surface area contributed by atoms with E-state index in [4.69, 9.17) is 5.84 Å². The second-order valence-corrected chi connectivity index (χ2v) is 4.11. The topological polar surface area (TPSA) is 63.8 Å². The van der Waals surface area contributed by atoms with Gasteiger partial charge in [-0.25, -0.2) is 10.8 Å². The molecule has 0 aliphatic heterocycles. The number of hydrogen-bond acceptors (Lipinski definition) is 4. The fourth-order valence-electron chi connectivity index (χ4n) is 1.94. The van der Waals surface area contributed by atoms with Gasteiger partial charge in [-0.15, -0.1) is 0 Å². The summed E-state index contributed by atoms with van der Waals surface area (Å²) in [6.07, 6.45) is 0. The highest BCUT2D eigenvalue weighted by Crippen LogP contribution is 2.24. The maximum absolute atomic E-state index is 5.33. The molecule has 4 heteroatoms. The average molecular weight is 228 g/mol. The Balaban J connectivity index is 2.52. The van der Waals surface area contributed by atoms with Crippen LogP contribution in [0.5, 0.6) is 0 Å². The molecule has 4 nitrogen and oxygen atoms in total. The monoisotopic (exact) mass is 228 g/mol. The first-order valence-corrected chi connectivity index (χ1v) is 5.50. The molecule has 2 heterocycles. The summed E-state index contributed by atoms with van der Waals surface area (Å²) in [4.78, 5) is 8.74. The summed E-state index contributed by atoms with van der Waals surface area (Å²) in [5, 5.41) is 0. The Morgan fingerprint density at radius 3 is 2.18 bits per heavy atom. The zero-order valence-electron chi connectivity index (χ0n) is 10.3. The predicted octanol–water partition coefficient (Wildman–Crippen LogP) is 2.35. The van der Waals surface area contributed by atoms with Crippen molar-refractivity contribution >= 4 is 5.82 Å². The van der Waals surface area contributed by atoms with Gasteiger partial charge in [0.05, 0.1) is 0 Å². The molecular formula is C13H16N4. The van der Waals surface area contributed by atoms with E-state index in [1.54, 1.807) is 0 Å². The summed E-state index contributed by atoms with van der Waals surface area (Å²) in [5.41, 5.74) is 7.77. The Hall–Kier alpha value is -1.94. The molecule has 88 valence electrons. The van der Waals surface area contributed by atoms with Crippen molar-refractivity contribution in [3.8, 4) is 11.1 Å². The molecule has 17 heavy (non-hydrogen) atoms. The second kappa shape index (κ2) is 4.51. The lowest BCUT2D eigenvalue weighted by atomic mass is 10.0. The molecule has 0 bridgehead atoms. The van der Waals surface area contributed by atoms with Crippen LogP contribution >= 0.6 is 0 Å². The predicted molar refractivity (Wildman–Crippen MR) is 69.5 cm³/mol. The highest BCUT2D eigenvalue weighted by molar-refractivity contribution is 5.67. The quantitative estimate of drug-likeness (QED) is 0.611. The van der Waals surface area contributed by atoms with Gasteiger partial charge in [-0.05, 0) is 50.6 Å². The van der Waals surface area contributed by atoms with Crippen LogP contribution in [0, 0.1) is 20.8 Å². The van der Waals surface area contributed by atoms with Gasteiger partial charge in [0, 0.05) is 22.6 Å². The molecule has 0 saturated heterocycles.